The number of rotatable bonds is 0. The van der Waals surface area contributed by atoms with E-state index in [1.165, 1.54) is 0 Å². The lowest BCUT2D eigenvalue weighted by Gasteiger charge is -1.79. The highest BCUT2D eigenvalue weighted by Crippen LogP contribution is 1.78. The Morgan fingerprint density at radius 2 is 1.80 bits per heavy atom. The molecule has 1 nitrogen and oxygen atoms in total. The molecule has 0 heterocycles. The third kappa shape index (κ3) is 65.0. The molecule has 0 saturated carbocycles. The number of thiol groups is 1. The Labute approximate surface area is 40.8 Å². The summed E-state index contributed by atoms with van der Waals surface area (Å²) < 4.78 is 0. The topological polar surface area (TPSA) is 20.2 Å². The molecule has 1 N–H and O–H groups in total. The molecule has 0 amide bonds. The minimum atomic E-state index is -0.472. The zero-order chi connectivity index (χ0) is 3.58. The van der Waals surface area contributed by atoms with E-state index >= 15 is 0 Å². The van der Waals surface area contributed by atoms with Crippen LogP contribution in [0.3, 0.4) is 0 Å². The van der Waals surface area contributed by atoms with Crippen molar-refractivity contribution in [3.63, 3.8) is 0 Å². The van der Waals surface area contributed by atoms with Crippen molar-refractivity contribution >= 4 is 22.5 Å². The smallest absolute Gasteiger partial charge is 0.0936 e. The van der Waals surface area contributed by atoms with Crippen molar-refractivity contribution in [3.8, 4) is 0 Å². The van der Waals surface area contributed by atoms with Gasteiger partial charge in [0.05, 0.1) is 5.44 Å². The Morgan fingerprint density at radius 1 is 1.80 bits per heavy atom. The van der Waals surface area contributed by atoms with E-state index in [0.29, 0.717) is 0 Å². The third-order valence-corrected chi connectivity index (χ3v) is 0. The average Bonchev–Trinajstić information content (AvgIpc) is 0.811. The molecule has 0 aromatic rings. The lowest BCUT2D eigenvalue weighted by molar-refractivity contribution is 0.286. The van der Waals surface area contributed by atoms with Gasteiger partial charge < -0.3 is 5.11 Å². The Balaban J connectivity index is 0. The zero-order valence-corrected chi connectivity index (χ0v) is 5.49. The molecule has 0 fully saturated rings. The van der Waals surface area contributed by atoms with Crippen LogP contribution in [0.1, 0.15) is 6.92 Å². The fourth-order valence-electron chi connectivity index (χ4n) is 0. The van der Waals surface area contributed by atoms with Gasteiger partial charge in [0.2, 0.25) is 0 Å². The van der Waals surface area contributed by atoms with E-state index in [1.807, 2.05) is 0 Å². The second-order valence-electron chi connectivity index (χ2n) is 0.632. The van der Waals surface area contributed by atoms with E-state index in [4.69, 9.17) is 5.11 Å². The van der Waals surface area contributed by atoms with Gasteiger partial charge in [-0.3, -0.25) is 0 Å². The van der Waals surface area contributed by atoms with E-state index in [2.05, 4.69) is 12.6 Å². The van der Waals surface area contributed by atoms with Gasteiger partial charge >= 0.3 is 0 Å². The Kier molecular flexibility index (Phi) is 8.74. The monoisotopic (exact) mass is 112 g/mol. The van der Waals surface area contributed by atoms with Gasteiger partial charge in [-0.05, 0) is 6.92 Å². The molecule has 0 aliphatic carbocycles. The van der Waals surface area contributed by atoms with Crippen LogP contribution in [-0.4, -0.2) is 10.5 Å². The van der Waals surface area contributed by atoms with E-state index < -0.39 is 5.44 Å². The number of hydrogen-bond acceptors (Lipinski definition) is 2. The zero-order valence-electron chi connectivity index (χ0n) is 3.18. The molecule has 3 heteroatoms. The summed E-state index contributed by atoms with van der Waals surface area (Å²) in [5, 5.41) is 7.92. The van der Waals surface area contributed by atoms with Crippen LogP contribution in [0.2, 0.25) is 0 Å². The fourth-order valence-corrected chi connectivity index (χ4v) is 0. The molecule has 0 aliphatic heterocycles. The van der Waals surface area contributed by atoms with Gasteiger partial charge in [-0.1, -0.05) is 0 Å². The van der Waals surface area contributed by atoms with E-state index in [1.54, 1.807) is 6.92 Å². The summed E-state index contributed by atoms with van der Waals surface area (Å²) in [6, 6.07) is 0. The molecule has 5 heavy (non-hydrogen) atoms. The molecule has 34 valence electrons. The molecular weight excluding hydrogens is 103 g/mol. The highest BCUT2D eigenvalue weighted by molar-refractivity contribution is 7.80. The van der Waals surface area contributed by atoms with Crippen LogP contribution in [0.4, 0.5) is 0 Å². The van der Waals surface area contributed by atoms with Crippen molar-refractivity contribution in [2.75, 3.05) is 0 Å². The number of aliphatic hydroxyl groups excluding tert-OH is 1. The SMILES string of the molecule is CC(O)S.P. The minimum Gasteiger partial charge on any atom is -0.383 e. The quantitative estimate of drug-likeness (QED) is 0.262. The summed E-state index contributed by atoms with van der Waals surface area (Å²) in [5.74, 6) is 0. The predicted molar refractivity (Wildman–Crippen MR) is 31.8 cm³/mol. The minimum absolute atomic E-state index is 0. The maximum Gasteiger partial charge on any atom is 0.0936 e. The lowest BCUT2D eigenvalue weighted by atomic mass is 10.9. The van der Waals surface area contributed by atoms with E-state index in [-0.39, 0.29) is 9.90 Å². The van der Waals surface area contributed by atoms with Crippen molar-refractivity contribution < 1.29 is 5.11 Å². The highest BCUT2D eigenvalue weighted by Gasteiger charge is 1.70. The second-order valence-corrected chi connectivity index (χ2v) is 1.38. The van der Waals surface area contributed by atoms with Crippen molar-refractivity contribution in [1.82, 2.24) is 0 Å². The van der Waals surface area contributed by atoms with Crippen molar-refractivity contribution in [3.05, 3.63) is 0 Å². The molecule has 0 saturated heterocycles. The Bertz CT molecular complexity index is 14.4. The van der Waals surface area contributed by atoms with E-state index in [0.717, 1.165) is 0 Å². The highest BCUT2D eigenvalue weighted by atomic mass is 32.1. The van der Waals surface area contributed by atoms with Gasteiger partial charge in [-0.25, -0.2) is 0 Å². The molecule has 0 spiro atoms. The summed E-state index contributed by atoms with van der Waals surface area (Å²) >= 11 is 3.52. The maximum absolute atomic E-state index is 7.92. The molecular formula is C2H9OPS. The first-order valence-corrected chi connectivity index (χ1v) is 1.61. The molecule has 0 aliphatic rings. The molecule has 0 bridgehead atoms. The van der Waals surface area contributed by atoms with Gasteiger partial charge in [-0.15, -0.1) is 12.6 Å². The van der Waals surface area contributed by atoms with Gasteiger partial charge in [0.1, 0.15) is 0 Å². The first-order valence-electron chi connectivity index (χ1n) is 1.09. The normalized spacial score (nSPS) is 12.6. The van der Waals surface area contributed by atoms with Crippen LogP contribution in [-0.2, 0) is 0 Å². The summed E-state index contributed by atoms with van der Waals surface area (Å²) in [6.45, 7) is 1.59. The van der Waals surface area contributed by atoms with Gasteiger partial charge in [0.15, 0.2) is 0 Å². The number of hydrogen-bond donors (Lipinski definition) is 2. The molecule has 2 unspecified atom stereocenters. The Morgan fingerprint density at radius 3 is 1.80 bits per heavy atom. The third-order valence-electron chi connectivity index (χ3n) is 0. The fraction of sp³-hybridized carbons (Fsp3) is 1.00. The first kappa shape index (κ1) is 9.22. The van der Waals surface area contributed by atoms with Gasteiger partial charge in [-0.2, -0.15) is 9.90 Å². The predicted octanol–water partition coefficient (Wildman–Crippen LogP) is 0.313. The summed E-state index contributed by atoms with van der Waals surface area (Å²) in [5.41, 5.74) is -0.472. The standard InChI is InChI=1S/C2H6OS.H3P/c1-2(3)4;/h2-4H,1H3;1H3. The molecule has 0 rings (SSSR count). The van der Waals surface area contributed by atoms with Crippen molar-refractivity contribution in [1.29, 1.82) is 0 Å². The maximum atomic E-state index is 7.92. The van der Waals surface area contributed by atoms with Crippen LogP contribution in [0, 0.1) is 0 Å². The van der Waals surface area contributed by atoms with Gasteiger partial charge in [0.25, 0.3) is 0 Å². The van der Waals surface area contributed by atoms with Crippen LogP contribution < -0.4 is 0 Å². The summed E-state index contributed by atoms with van der Waals surface area (Å²) in [6.07, 6.45) is 0. The molecule has 0 aromatic heterocycles. The van der Waals surface area contributed by atoms with Gasteiger partial charge in [0, 0.05) is 0 Å². The van der Waals surface area contributed by atoms with Crippen LogP contribution in [0.5, 0.6) is 0 Å². The largest absolute Gasteiger partial charge is 0.383 e. The van der Waals surface area contributed by atoms with Crippen molar-refractivity contribution in [2.24, 2.45) is 0 Å². The van der Waals surface area contributed by atoms with Crippen molar-refractivity contribution in [2.45, 2.75) is 12.4 Å². The average molecular weight is 112 g/mol. The summed E-state index contributed by atoms with van der Waals surface area (Å²) in [4.78, 5) is 0. The Hall–Kier alpha value is 0.740. The number of aliphatic hydroxyl groups is 1. The summed E-state index contributed by atoms with van der Waals surface area (Å²) in [7, 11) is 0. The van der Waals surface area contributed by atoms with E-state index in [9.17, 15) is 0 Å². The lowest BCUT2D eigenvalue weighted by Crippen LogP contribution is -1.79. The molecule has 0 aromatic carbocycles. The second kappa shape index (κ2) is 4.74. The molecule has 2 atom stereocenters. The van der Waals surface area contributed by atoms with Crippen LogP contribution in [0.15, 0.2) is 0 Å². The molecule has 0 radical (unpaired) electrons. The first-order chi connectivity index (χ1) is 1.73. The van der Waals surface area contributed by atoms with Crippen LogP contribution in [0.25, 0.3) is 0 Å². The van der Waals surface area contributed by atoms with Crippen LogP contribution >= 0.6 is 22.5 Å².